The molecule has 0 spiro atoms. The lowest BCUT2D eigenvalue weighted by molar-refractivity contribution is 1.08. The Kier molecular flexibility index (Phi) is 7.03. The van der Waals surface area contributed by atoms with E-state index in [-0.39, 0.29) is 0 Å². The molecule has 0 N–H and O–H groups in total. The summed E-state index contributed by atoms with van der Waals surface area (Å²) in [6.45, 7) is 0. The molecule has 6 heteroatoms. The van der Waals surface area contributed by atoms with Crippen molar-refractivity contribution < 1.29 is 0 Å². The molecule has 0 aliphatic carbocycles. The van der Waals surface area contributed by atoms with Gasteiger partial charge in [0.25, 0.3) is 0 Å². The van der Waals surface area contributed by atoms with Gasteiger partial charge in [0.05, 0.1) is 27.8 Å². The molecule has 57 heavy (non-hydrogen) atoms. The second-order valence-electron chi connectivity index (χ2n) is 14.4. The molecule has 12 rings (SSSR count). The molecule has 4 heterocycles. The van der Waals surface area contributed by atoms with Gasteiger partial charge in [-0.05, 0) is 48.5 Å². The van der Waals surface area contributed by atoms with Crippen LogP contribution >= 0.6 is 11.3 Å². The minimum absolute atomic E-state index is 0.658. The van der Waals surface area contributed by atoms with E-state index < -0.39 is 0 Å². The van der Waals surface area contributed by atoms with Crippen LogP contribution in [0.2, 0.25) is 0 Å². The van der Waals surface area contributed by atoms with E-state index in [0.717, 1.165) is 32.8 Å². The van der Waals surface area contributed by atoms with E-state index in [4.69, 9.17) is 15.0 Å². The first-order valence-corrected chi connectivity index (χ1v) is 19.9. The highest BCUT2D eigenvalue weighted by molar-refractivity contribution is 7.26. The minimum atomic E-state index is 0.658. The summed E-state index contributed by atoms with van der Waals surface area (Å²) in [4.78, 5) is 15.2. The second-order valence-corrected chi connectivity index (χ2v) is 15.5. The Labute approximate surface area is 331 Å². The fourth-order valence-corrected chi connectivity index (χ4v) is 9.88. The summed E-state index contributed by atoms with van der Waals surface area (Å²) >= 11 is 1.80. The van der Waals surface area contributed by atoms with Crippen LogP contribution in [-0.2, 0) is 0 Å². The number of hydrogen-bond acceptors (Lipinski definition) is 4. The number of benzene rings is 8. The first-order chi connectivity index (χ1) is 28.3. The molecule has 266 valence electrons. The van der Waals surface area contributed by atoms with Gasteiger partial charge in [0.2, 0.25) is 0 Å². The van der Waals surface area contributed by atoms with Crippen LogP contribution in [0.5, 0.6) is 0 Å². The molecule has 0 aliphatic rings. The van der Waals surface area contributed by atoms with Crippen molar-refractivity contribution in [2.75, 3.05) is 0 Å². The molecular weight excluding hydrogens is 715 g/mol. The van der Waals surface area contributed by atoms with Crippen LogP contribution in [-0.4, -0.2) is 24.1 Å². The van der Waals surface area contributed by atoms with Crippen molar-refractivity contribution in [2.45, 2.75) is 0 Å². The molecule has 0 amide bonds. The molecule has 4 aromatic heterocycles. The summed E-state index contributed by atoms with van der Waals surface area (Å²) in [5, 5.41) is 7.34. The zero-order valence-electron chi connectivity index (χ0n) is 30.5. The van der Waals surface area contributed by atoms with Crippen molar-refractivity contribution in [3.63, 3.8) is 0 Å². The number of thiophene rings is 1. The summed E-state index contributed by atoms with van der Waals surface area (Å²) in [5.74, 6) is 1.98. The first-order valence-electron chi connectivity index (χ1n) is 19.1. The maximum Gasteiger partial charge on any atom is 0.165 e. The van der Waals surface area contributed by atoms with Crippen molar-refractivity contribution in [3.05, 3.63) is 188 Å². The monoisotopic (exact) mass is 745 g/mol. The normalized spacial score (nSPS) is 11.9. The Morgan fingerprint density at radius 1 is 0.368 bits per heavy atom. The molecular formula is C51H31N5S. The molecule has 0 atom stereocenters. The number of rotatable bonds is 5. The van der Waals surface area contributed by atoms with Gasteiger partial charge in [0, 0.05) is 64.1 Å². The third kappa shape index (κ3) is 4.91. The zero-order chi connectivity index (χ0) is 37.5. The Bertz CT molecular complexity index is 3400. The van der Waals surface area contributed by atoms with Gasteiger partial charge in [-0.1, -0.05) is 140 Å². The van der Waals surface area contributed by atoms with E-state index in [1.165, 1.54) is 59.1 Å². The van der Waals surface area contributed by atoms with E-state index in [0.29, 0.717) is 17.5 Å². The van der Waals surface area contributed by atoms with Crippen molar-refractivity contribution >= 4 is 75.1 Å². The maximum atomic E-state index is 5.11. The SMILES string of the molecule is c1ccc(-c2nc(-c3ccccc3)nc(-c3cccc4c3sc3cc5c(cc34)c3cccc(-n4c6ccccc6c6ccccc64)c3n5-c3ccccc3)n2)cc1. The molecule has 0 aliphatic heterocycles. The Morgan fingerprint density at radius 3 is 1.58 bits per heavy atom. The van der Waals surface area contributed by atoms with Crippen molar-refractivity contribution in [1.29, 1.82) is 0 Å². The summed E-state index contributed by atoms with van der Waals surface area (Å²) in [6, 6.07) is 66.7. The van der Waals surface area contributed by atoms with E-state index >= 15 is 0 Å². The second kappa shape index (κ2) is 12.6. The summed E-state index contributed by atoms with van der Waals surface area (Å²) in [7, 11) is 0. The van der Waals surface area contributed by atoms with Gasteiger partial charge in [-0.15, -0.1) is 11.3 Å². The summed E-state index contributed by atoms with van der Waals surface area (Å²) < 4.78 is 7.27. The minimum Gasteiger partial charge on any atom is -0.307 e. The van der Waals surface area contributed by atoms with Gasteiger partial charge >= 0.3 is 0 Å². The van der Waals surface area contributed by atoms with Crippen molar-refractivity contribution in [2.24, 2.45) is 0 Å². The highest BCUT2D eigenvalue weighted by atomic mass is 32.1. The van der Waals surface area contributed by atoms with Crippen LogP contribution < -0.4 is 0 Å². The van der Waals surface area contributed by atoms with Gasteiger partial charge in [-0.3, -0.25) is 0 Å². The first kappa shape index (κ1) is 31.9. The highest BCUT2D eigenvalue weighted by Crippen LogP contribution is 2.45. The Balaban J connectivity index is 1.13. The molecule has 0 saturated carbocycles. The number of para-hydroxylation sites is 4. The number of hydrogen-bond donors (Lipinski definition) is 0. The van der Waals surface area contributed by atoms with Gasteiger partial charge < -0.3 is 9.13 Å². The number of aromatic nitrogens is 5. The molecule has 0 fully saturated rings. The molecule has 0 bridgehead atoms. The molecule has 0 saturated heterocycles. The molecule has 0 radical (unpaired) electrons. The van der Waals surface area contributed by atoms with Gasteiger partial charge in [0.1, 0.15) is 0 Å². The summed E-state index contributed by atoms with van der Waals surface area (Å²) in [6.07, 6.45) is 0. The fourth-order valence-electron chi connectivity index (χ4n) is 8.65. The lowest BCUT2D eigenvalue weighted by Gasteiger charge is -2.14. The van der Waals surface area contributed by atoms with E-state index in [1.807, 2.05) is 36.4 Å². The molecule has 5 nitrogen and oxygen atoms in total. The van der Waals surface area contributed by atoms with Crippen LogP contribution in [0.25, 0.3) is 109 Å². The van der Waals surface area contributed by atoms with Gasteiger partial charge in [-0.2, -0.15) is 0 Å². The Morgan fingerprint density at radius 2 is 0.912 bits per heavy atom. The van der Waals surface area contributed by atoms with Crippen molar-refractivity contribution in [3.8, 4) is 45.5 Å². The number of fused-ring (bicyclic) bond motifs is 9. The molecule has 8 aromatic carbocycles. The maximum absolute atomic E-state index is 5.11. The predicted octanol–water partition coefficient (Wildman–Crippen LogP) is 13.4. The molecule has 0 unspecified atom stereocenters. The topological polar surface area (TPSA) is 48.5 Å². The quantitative estimate of drug-likeness (QED) is 0.176. The Hall–Kier alpha value is -7.41. The van der Waals surface area contributed by atoms with E-state index in [2.05, 4.69) is 161 Å². The summed E-state index contributed by atoms with van der Waals surface area (Å²) in [5.41, 5.74) is 9.93. The largest absolute Gasteiger partial charge is 0.307 e. The number of nitrogens with zero attached hydrogens (tertiary/aromatic N) is 5. The van der Waals surface area contributed by atoms with Gasteiger partial charge in [-0.25, -0.2) is 15.0 Å². The predicted molar refractivity (Wildman–Crippen MR) is 238 cm³/mol. The highest BCUT2D eigenvalue weighted by Gasteiger charge is 2.22. The van der Waals surface area contributed by atoms with Gasteiger partial charge in [0.15, 0.2) is 17.5 Å². The smallest absolute Gasteiger partial charge is 0.165 e. The average Bonchev–Trinajstić information content (AvgIpc) is 3.93. The standard InChI is InChI=1S/C51H31N5S/c1-4-16-32(17-5-1)49-52-50(33-18-6-2-7-19-33)54-51(53-49)39-26-14-25-38-41-30-40-37-24-15-29-44(56-42-27-12-10-22-35(42)36-23-11-13-28-43(36)56)47(37)55(34-20-8-3-9-21-34)45(40)31-46(41)57-48(38)39/h1-31H. The van der Waals surface area contributed by atoms with Crippen molar-refractivity contribution in [1.82, 2.24) is 24.1 Å². The molecule has 12 aromatic rings. The van der Waals surface area contributed by atoms with Crippen LogP contribution in [0.3, 0.4) is 0 Å². The van der Waals surface area contributed by atoms with E-state index in [1.54, 1.807) is 11.3 Å². The van der Waals surface area contributed by atoms with Crippen LogP contribution in [0.4, 0.5) is 0 Å². The third-order valence-electron chi connectivity index (χ3n) is 11.2. The fraction of sp³-hybridized carbons (Fsp3) is 0. The van der Waals surface area contributed by atoms with Crippen LogP contribution in [0.15, 0.2) is 188 Å². The van der Waals surface area contributed by atoms with E-state index in [9.17, 15) is 0 Å². The lowest BCUT2D eigenvalue weighted by Crippen LogP contribution is -2.00. The average molecular weight is 746 g/mol. The van der Waals surface area contributed by atoms with Crippen LogP contribution in [0, 0.1) is 0 Å². The third-order valence-corrected chi connectivity index (χ3v) is 12.4. The van der Waals surface area contributed by atoms with Crippen LogP contribution in [0.1, 0.15) is 0 Å². The zero-order valence-corrected chi connectivity index (χ0v) is 31.4. The lowest BCUT2D eigenvalue weighted by atomic mass is 10.1.